The van der Waals surface area contributed by atoms with Crippen molar-refractivity contribution >= 4 is 17.8 Å². The van der Waals surface area contributed by atoms with Gasteiger partial charge in [-0.15, -0.1) is 0 Å². The molecule has 2 unspecified atom stereocenters. The third kappa shape index (κ3) is 2.05. The van der Waals surface area contributed by atoms with E-state index < -0.39 is 11.4 Å². The van der Waals surface area contributed by atoms with E-state index in [4.69, 9.17) is 9.47 Å². The number of hydrogen-bond donors (Lipinski definition) is 0. The molecule has 0 aliphatic heterocycles. The van der Waals surface area contributed by atoms with E-state index in [1.807, 2.05) is 30.3 Å². The number of esters is 1. The summed E-state index contributed by atoms with van der Waals surface area (Å²) in [7, 11) is 2.99. The average molecular weight is 300 g/mol. The molecular weight excluding hydrogens is 280 g/mol. The summed E-state index contributed by atoms with van der Waals surface area (Å²) in [6.45, 7) is 0. The van der Waals surface area contributed by atoms with Gasteiger partial charge in [-0.05, 0) is 48.4 Å². The summed E-state index contributed by atoms with van der Waals surface area (Å²) in [6, 6.07) is 7.62. The molecule has 4 heteroatoms. The molecule has 0 radical (unpaired) electrons. The van der Waals surface area contributed by atoms with Gasteiger partial charge >= 0.3 is 5.97 Å². The van der Waals surface area contributed by atoms with E-state index in [1.54, 1.807) is 7.11 Å². The highest BCUT2D eigenvalue weighted by atomic mass is 16.5. The first-order valence-corrected chi connectivity index (χ1v) is 7.59. The lowest BCUT2D eigenvalue weighted by atomic mass is 9.76. The molecule has 2 atom stereocenters. The molecule has 0 amide bonds. The van der Waals surface area contributed by atoms with Crippen molar-refractivity contribution in [2.75, 3.05) is 14.2 Å². The highest BCUT2D eigenvalue weighted by Crippen LogP contribution is 2.56. The van der Waals surface area contributed by atoms with Gasteiger partial charge in [0.2, 0.25) is 0 Å². The molecule has 2 aliphatic carbocycles. The summed E-state index contributed by atoms with van der Waals surface area (Å²) >= 11 is 0. The number of Topliss-reactive ketones (excluding diaryl/α,β-unsaturated/α-hetero) is 1. The second-order valence-corrected chi connectivity index (χ2v) is 5.94. The molecule has 116 valence electrons. The first kappa shape index (κ1) is 14.8. The number of fused-ring (bicyclic) bond motifs is 1. The van der Waals surface area contributed by atoms with E-state index in [0.29, 0.717) is 6.42 Å². The third-order valence-electron chi connectivity index (χ3n) is 5.00. The maximum absolute atomic E-state index is 12.5. The van der Waals surface area contributed by atoms with Crippen molar-refractivity contribution in [3.05, 3.63) is 35.4 Å². The molecule has 1 aromatic carbocycles. The number of benzene rings is 1. The van der Waals surface area contributed by atoms with Crippen molar-refractivity contribution in [2.24, 2.45) is 11.3 Å². The summed E-state index contributed by atoms with van der Waals surface area (Å²) < 4.78 is 10.1. The van der Waals surface area contributed by atoms with E-state index in [2.05, 4.69) is 0 Å². The van der Waals surface area contributed by atoms with Gasteiger partial charge in [-0.1, -0.05) is 18.2 Å². The lowest BCUT2D eigenvalue weighted by molar-refractivity contribution is -0.155. The highest BCUT2D eigenvalue weighted by molar-refractivity contribution is 6.10. The van der Waals surface area contributed by atoms with Crippen molar-refractivity contribution in [2.45, 2.75) is 25.7 Å². The van der Waals surface area contributed by atoms with Crippen LogP contribution in [-0.2, 0) is 14.3 Å². The van der Waals surface area contributed by atoms with Crippen LogP contribution in [0.5, 0.6) is 5.75 Å². The van der Waals surface area contributed by atoms with Crippen LogP contribution in [-0.4, -0.2) is 26.0 Å². The minimum absolute atomic E-state index is 0.0154. The number of hydrogen-bond acceptors (Lipinski definition) is 4. The van der Waals surface area contributed by atoms with Crippen molar-refractivity contribution in [3.8, 4) is 5.75 Å². The molecule has 2 fully saturated rings. The summed E-state index contributed by atoms with van der Waals surface area (Å²) in [4.78, 5) is 24.9. The Labute approximate surface area is 130 Å². The molecule has 22 heavy (non-hydrogen) atoms. The largest absolute Gasteiger partial charge is 0.497 e. The first-order valence-electron chi connectivity index (χ1n) is 7.59. The molecule has 1 aromatic rings. The maximum Gasteiger partial charge on any atom is 0.323 e. The van der Waals surface area contributed by atoms with Crippen LogP contribution < -0.4 is 4.74 Å². The van der Waals surface area contributed by atoms with Crippen LogP contribution in [0, 0.1) is 11.3 Å². The number of ether oxygens (including phenoxy) is 2. The Kier molecular flexibility index (Phi) is 3.77. The van der Waals surface area contributed by atoms with E-state index >= 15 is 0 Å². The quantitative estimate of drug-likeness (QED) is 0.636. The fourth-order valence-corrected chi connectivity index (χ4v) is 3.94. The number of ketones is 1. The van der Waals surface area contributed by atoms with Gasteiger partial charge in [-0.3, -0.25) is 9.59 Å². The van der Waals surface area contributed by atoms with Crippen molar-refractivity contribution in [1.82, 2.24) is 0 Å². The Morgan fingerprint density at radius 1 is 1.18 bits per heavy atom. The van der Waals surface area contributed by atoms with Gasteiger partial charge in [-0.2, -0.15) is 0 Å². The van der Waals surface area contributed by atoms with E-state index in [9.17, 15) is 9.59 Å². The molecule has 0 N–H and O–H groups in total. The molecule has 3 rings (SSSR count). The topological polar surface area (TPSA) is 52.6 Å². The number of methoxy groups -OCH3 is 2. The minimum atomic E-state index is -1.03. The zero-order valence-corrected chi connectivity index (χ0v) is 12.9. The summed E-state index contributed by atoms with van der Waals surface area (Å²) in [5.74, 6) is 0.502. The van der Waals surface area contributed by atoms with Crippen LogP contribution in [0.2, 0.25) is 0 Å². The molecule has 2 aliphatic rings. The monoisotopic (exact) mass is 300 g/mol. The predicted octanol–water partition coefficient (Wildman–Crippen LogP) is 3.01. The van der Waals surface area contributed by atoms with Crippen LogP contribution in [0.1, 0.15) is 31.2 Å². The van der Waals surface area contributed by atoms with Gasteiger partial charge in [-0.25, -0.2) is 0 Å². The average Bonchev–Trinajstić information content (AvgIpc) is 3.07. The van der Waals surface area contributed by atoms with E-state index in [-0.39, 0.29) is 11.7 Å². The fraction of sp³-hybridized carbons (Fsp3) is 0.444. The van der Waals surface area contributed by atoms with Gasteiger partial charge in [0.05, 0.1) is 14.2 Å². The molecule has 0 saturated heterocycles. The fourth-order valence-electron chi connectivity index (χ4n) is 3.94. The van der Waals surface area contributed by atoms with Crippen molar-refractivity contribution < 1.29 is 19.1 Å². The molecule has 0 aromatic heterocycles. The van der Waals surface area contributed by atoms with Crippen LogP contribution >= 0.6 is 0 Å². The maximum atomic E-state index is 12.5. The summed E-state index contributed by atoms with van der Waals surface area (Å²) in [5.41, 5.74) is 0.839. The molecular formula is C18H20O4. The Balaban J connectivity index is 2.02. The van der Waals surface area contributed by atoms with Crippen molar-refractivity contribution in [3.63, 3.8) is 0 Å². The normalized spacial score (nSPS) is 28.7. The molecule has 2 saturated carbocycles. The highest BCUT2D eigenvalue weighted by Gasteiger charge is 2.61. The zero-order chi connectivity index (χ0) is 15.7. The Hall–Kier alpha value is -2.10. The summed E-state index contributed by atoms with van der Waals surface area (Å²) in [6.07, 6.45) is 4.88. The summed E-state index contributed by atoms with van der Waals surface area (Å²) in [5, 5.41) is 0. The number of carbonyl (C=O) groups excluding carboxylic acids is 2. The zero-order valence-electron chi connectivity index (χ0n) is 12.9. The van der Waals surface area contributed by atoms with Crippen LogP contribution in [0.4, 0.5) is 0 Å². The minimum Gasteiger partial charge on any atom is -0.497 e. The SMILES string of the molecule is COC(=O)C12C(=O)CCC1CC/C2=C\c1ccc(OC)cc1. The lowest BCUT2D eigenvalue weighted by Crippen LogP contribution is -2.39. The smallest absolute Gasteiger partial charge is 0.323 e. The number of rotatable bonds is 3. The van der Waals surface area contributed by atoms with Gasteiger partial charge in [0, 0.05) is 6.42 Å². The second kappa shape index (κ2) is 5.59. The first-order chi connectivity index (χ1) is 10.6. The Morgan fingerprint density at radius 3 is 2.50 bits per heavy atom. The molecule has 0 heterocycles. The number of carbonyl (C=O) groups is 2. The predicted molar refractivity (Wildman–Crippen MR) is 82.4 cm³/mol. The van der Waals surface area contributed by atoms with Gasteiger partial charge < -0.3 is 9.47 Å². The Morgan fingerprint density at radius 2 is 1.86 bits per heavy atom. The van der Waals surface area contributed by atoms with Crippen LogP contribution in [0.3, 0.4) is 0 Å². The molecule has 4 nitrogen and oxygen atoms in total. The van der Waals surface area contributed by atoms with E-state index in [1.165, 1.54) is 7.11 Å². The van der Waals surface area contributed by atoms with Crippen LogP contribution in [0.15, 0.2) is 29.8 Å². The van der Waals surface area contributed by atoms with Gasteiger partial charge in [0.25, 0.3) is 0 Å². The standard InChI is InChI=1S/C18H20O4/c1-21-15-8-3-12(4-9-15)11-14-6-5-13-7-10-16(19)18(13,14)17(20)22-2/h3-4,8-9,11,13H,5-7,10H2,1-2H3/b14-11+. The Bertz CT molecular complexity index is 629. The van der Waals surface area contributed by atoms with E-state index in [0.717, 1.165) is 36.1 Å². The van der Waals surface area contributed by atoms with Gasteiger partial charge in [0.15, 0.2) is 11.2 Å². The third-order valence-corrected chi connectivity index (χ3v) is 5.00. The molecule has 0 bridgehead atoms. The second-order valence-electron chi connectivity index (χ2n) is 5.94. The molecule has 0 spiro atoms. The van der Waals surface area contributed by atoms with Crippen LogP contribution in [0.25, 0.3) is 6.08 Å². The van der Waals surface area contributed by atoms with Gasteiger partial charge in [0.1, 0.15) is 5.75 Å². The van der Waals surface area contributed by atoms with Crippen molar-refractivity contribution in [1.29, 1.82) is 0 Å². The lowest BCUT2D eigenvalue weighted by Gasteiger charge is -2.26.